The van der Waals surface area contributed by atoms with E-state index in [1.54, 1.807) is 12.3 Å². The highest BCUT2D eigenvalue weighted by atomic mass is 32.2. The summed E-state index contributed by atoms with van der Waals surface area (Å²) >= 11 is 0. The van der Waals surface area contributed by atoms with E-state index in [2.05, 4.69) is 9.71 Å². The van der Waals surface area contributed by atoms with Crippen molar-refractivity contribution in [1.29, 1.82) is 0 Å². The minimum absolute atomic E-state index is 0.00569. The molecule has 0 aliphatic heterocycles. The number of benzene rings is 1. The van der Waals surface area contributed by atoms with Crippen LogP contribution in [0.3, 0.4) is 0 Å². The highest BCUT2D eigenvalue weighted by Gasteiger charge is 2.29. The van der Waals surface area contributed by atoms with Crippen LogP contribution in [0.2, 0.25) is 0 Å². The van der Waals surface area contributed by atoms with Crippen molar-refractivity contribution in [3.05, 3.63) is 59.7 Å². The van der Waals surface area contributed by atoms with Crippen molar-refractivity contribution >= 4 is 27.0 Å². The van der Waals surface area contributed by atoms with Gasteiger partial charge in [0.15, 0.2) is 0 Å². The number of carboxylic acid groups (broad SMARTS) is 1. The van der Waals surface area contributed by atoms with Crippen LogP contribution in [0.5, 0.6) is 0 Å². The quantitative estimate of drug-likeness (QED) is 0.642. The normalized spacial score (nSPS) is 16.7. The zero-order chi connectivity index (χ0) is 20.6. The molecule has 9 heteroatoms. The average Bonchev–Trinajstić information content (AvgIpc) is 2.99. The van der Waals surface area contributed by atoms with Crippen LogP contribution in [-0.4, -0.2) is 35.1 Å². The first-order valence-corrected chi connectivity index (χ1v) is 10.8. The Morgan fingerprint density at radius 2 is 2.03 bits per heavy atom. The third-order valence-electron chi connectivity index (χ3n) is 5.21. The van der Waals surface area contributed by atoms with Crippen LogP contribution in [0.15, 0.2) is 47.5 Å². The number of carbonyl (C=O) groups is 1. The molecule has 4 rings (SSSR count). The molecule has 0 radical (unpaired) electrons. The number of hydrogen-bond donors (Lipinski definition) is 2. The topological polar surface area (TPSA) is 101 Å². The zero-order valence-electron chi connectivity index (χ0n) is 15.5. The van der Waals surface area contributed by atoms with Gasteiger partial charge in [-0.25, -0.2) is 17.5 Å². The molecular weight excluding hydrogens is 397 g/mol. The largest absolute Gasteiger partial charge is 0.481 e. The predicted octanol–water partition coefficient (Wildman–Crippen LogP) is 2.49. The lowest BCUT2D eigenvalue weighted by atomic mass is 9.93. The third-order valence-corrected chi connectivity index (χ3v) is 6.75. The van der Waals surface area contributed by atoms with Crippen molar-refractivity contribution in [2.75, 3.05) is 0 Å². The van der Waals surface area contributed by atoms with E-state index in [0.29, 0.717) is 25.8 Å². The Morgan fingerprint density at radius 1 is 1.28 bits per heavy atom. The summed E-state index contributed by atoms with van der Waals surface area (Å²) in [6.07, 6.45) is 3.34. The second-order valence-corrected chi connectivity index (χ2v) is 8.82. The molecule has 2 N–H and O–H groups in total. The highest BCUT2D eigenvalue weighted by molar-refractivity contribution is 7.89. The summed E-state index contributed by atoms with van der Waals surface area (Å²) in [6.45, 7) is 0.346. The first-order valence-electron chi connectivity index (χ1n) is 9.30. The second kappa shape index (κ2) is 7.57. The maximum absolute atomic E-state index is 13.1. The van der Waals surface area contributed by atoms with Gasteiger partial charge >= 0.3 is 5.97 Å². The van der Waals surface area contributed by atoms with Crippen molar-refractivity contribution in [2.24, 2.45) is 0 Å². The predicted molar refractivity (Wildman–Crippen MR) is 105 cm³/mol. The Balaban J connectivity index is 1.62. The molecular formula is C20H20FN3O4S. The van der Waals surface area contributed by atoms with Gasteiger partial charge < -0.3 is 9.67 Å². The van der Waals surface area contributed by atoms with Crippen LogP contribution >= 0.6 is 0 Å². The molecule has 1 aliphatic carbocycles. The average molecular weight is 417 g/mol. The second-order valence-electron chi connectivity index (χ2n) is 7.11. The van der Waals surface area contributed by atoms with E-state index in [0.717, 1.165) is 34.4 Å². The fourth-order valence-corrected chi connectivity index (χ4v) is 5.19. The van der Waals surface area contributed by atoms with Crippen molar-refractivity contribution in [3.63, 3.8) is 0 Å². The number of halogens is 1. The van der Waals surface area contributed by atoms with Gasteiger partial charge in [0.2, 0.25) is 10.0 Å². The van der Waals surface area contributed by atoms with Crippen LogP contribution in [-0.2, 0) is 34.2 Å². The molecule has 7 nitrogen and oxygen atoms in total. The highest BCUT2D eigenvalue weighted by Crippen LogP contribution is 2.31. The van der Waals surface area contributed by atoms with Crippen LogP contribution in [0.25, 0.3) is 11.0 Å². The molecule has 1 atom stereocenters. The molecule has 2 aromatic heterocycles. The number of fused-ring (bicyclic) bond motifs is 3. The SMILES string of the molecule is O=C(O)CCn1c2c(c3ncccc31)CC(NS(=O)(=O)c1ccc(F)cc1)CC2. The number of nitrogens with zero attached hydrogens (tertiary/aromatic N) is 2. The number of aryl methyl sites for hydroxylation is 1. The summed E-state index contributed by atoms with van der Waals surface area (Å²) in [5.74, 6) is -1.36. The van der Waals surface area contributed by atoms with Gasteiger partial charge in [-0.2, -0.15) is 0 Å². The molecule has 152 valence electrons. The first-order chi connectivity index (χ1) is 13.8. The molecule has 0 saturated heterocycles. The molecule has 1 aromatic carbocycles. The Labute approximate surface area is 167 Å². The van der Waals surface area contributed by atoms with Gasteiger partial charge in [-0.15, -0.1) is 0 Å². The standard InChI is InChI=1S/C20H20FN3O4S/c21-13-3-6-15(7-4-13)29(27,28)23-14-5-8-17-16(12-14)20-18(2-1-10-22-20)24(17)11-9-19(25)26/h1-4,6-7,10,14,23H,5,8-9,11-12H2,(H,25,26). The minimum atomic E-state index is -3.77. The van der Waals surface area contributed by atoms with Gasteiger partial charge in [0, 0.05) is 30.0 Å². The Bertz CT molecular complexity index is 1170. The maximum atomic E-state index is 13.1. The minimum Gasteiger partial charge on any atom is -0.481 e. The smallest absolute Gasteiger partial charge is 0.305 e. The molecule has 0 saturated carbocycles. The molecule has 29 heavy (non-hydrogen) atoms. The van der Waals surface area contributed by atoms with Gasteiger partial charge in [0.1, 0.15) is 5.82 Å². The van der Waals surface area contributed by atoms with E-state index in [1.807, 2.05) is 10.6 Å². The van der Waals surface area contributed by atoms with Crippen molar-refractivity contribution < 1.29 is 22.7 Å². The summed E-state index contributed by atoms with van der Waals surface area (Å²) in [7, 11) is -3.77. The van der Waals surface area contributed by atoms with Gasteiger partial charge in [0.05, 0.1) is 22.3 Å². The van der Waals surface area contributed by atoms with E-state index >= 15 is 0 Å². The molecule has 0 amide bonds. The Hall–Kier alpha value is -2.78. The summed E-state index contributed by atoms with van der Waals surface area (Å²) in [5.41, 5.74) is 3.60. The van der Waals surface area contributed by atoms with E-state index in [-0.39, 0.29) is 17.4 Å². The molecule has 0 fully saturated rings. The van der Waals surface area contributed by atoms with E-state index in [9.17, 15) is 17.6 Å². The van der Waals surface area contributed by atoms with E-state index in [4.69, 9.17) is 5.11 Å². The Kier molecular flexibility index (Phi) is 5.10. The van der Waals surface area contributed by atoms with Crippen LogP contribution in [0.1, 0.15) is 24.1 Å². The lowest BCUT2D eigenvalue weighted by molar-refractivity contribution is -0.137. The van der Waals surface area contributed by atoms with E-state index in [1.165, 1.54) is 12.1 Å². The summed E-state index contributed by atoms with van der Waals surface area (Å²) < 4.78 is 43.1. The third kappa shape index (κ3) is 3.88. The van der Waals surface area contributed by atoms with Gasteiger partial charge in [-0.05, 0) is 55.7 Å². The van der Waals surface area contributed by atoms with Crippen molar-refractivity contribution in [1.82, 2.24) is 14.3 Å². The summed E-state index contributed by atoms with van der Waals surface area (Å²) in [4.78, 5) is 15.5. The van der Waals surface area contributed by atoms with Crippen molar-refractivity contribution in [2.45, 2.75) is 43.2 Å². The van der Waals surface area contributed by atoms with Crippen molar-refractivity contribution in [3.8, 4) is 0 Å². The molecule has 1 aliphatic rings. The lowest BCUT2D eigenvalue weighted by Crippen LogP contribution is -2.39. The van der Waals surface area contributed by atoms with Gasteiger partial charge in [-0.1, -0.05) is 0 Å². The Morgan fingerprint density at radius 3 is 2.76 bits per heavy atom. The van der Waals surface area contributed by atoms with Crippen LogP contribution < -0.4 is 4.72 Å². The molecule has 0 spiro atoms. The zero-order valence-corrected chi connectivity index (χ0v) is 16.3. The van der Waals surface area contributed by atoms with E-state index < -0.39 is 21.8 Å². The van der Waals surface area contributed by atoms with Crippen LogP contribution in [0.4, 0.5) is 4.39 Å². The monoisotopic (exact) mass is 417 g/mol. The number of aliphatic carboxylic acids is 1. The van der Waals surface area contributed by atoms with Gasteiger partial charge in [-0.3, -0.25) is 9.78 Å². The molecule has 3 aromatic rings. The number of carboxylic acids is 1. The first kappa shape index (κ1) is 19.5. The van der Waals surface area contributed by atoms with Crippen LogP contribution in [0, 0.1) is 5.82 Å². The molecule has 1 unspecified atom stereocenters. The fourth-order valence-electron chi connectivity index (χ4n) is 3.92. The number of rotatable bonds is 6. The summed E-state index contributed by atoms with van der Waals surface area (Å²) in [5, 5.41) is 9.05. The fraction of sp³-hybridized carbons (Fsp3) is 0.300. The van der Waals surface area contributed by atoms with Gasteiger partial charge in [0.25, 0.3) is 0 Å². The number of nitrogens with one attached hydrogen (secondary N) is 1. The number of pyridine rings is 1. The molecule has 2 heterocycles. The number of hydrogen-bond acceptors (Lipinski definition) is 4. The maximum Gasteiger partial charge on any atom is 0.305 e. The summed E-state index contributed by atoms with van der Waals surface area (Å²) in [6, 6.07) is 8.11. The number of sulfonamides is 1. The lowest BCUT2D eigenvalue weighted by Gasteiger charge is -2.24. The number of aromatic nitrogens is 2. The molecule has 0 bridgehead atoms.